The summed E-state index contributed by atoms with van der Waals surface area (Å²) in [6.07, 6.45) is 2.42. The molecule has 0 radical (unpaired) electrons. The minimum absolute atomic E-state index is 0.176. The van der Waals surface area contributed by atoms with Gasteiger partial charge in [-0.2, -0.15) is 0 Å². The van der Waals surface area contributed by atoms with E-state index in [1.54, 1.807) is 16.8 Å². The first-order valence-electron chi connectivity index (χ1n) is 8.01. The van der Waals surface area contributed by atoms with Crippen LogP contribution in [0.5, 0.6) is 0 Å². The first-order chi connectivity index (χ1) is 11.2. The fraction of sp³-hybridized carbons (Fsp3) is 0.368. The predicted molar refractivity (Wildman–Crippen MR) is 98.7 cm³/mol. The van der Waals surface area contributed by atoms with E-state index in [1.807, 2.05) is 52.0 Å². The van der Waals surface area contributed by atoms with Crippen LogP contribution in [0.3, 0.4) is 0 Å². The summed E-state index contributed by atoms with van der Waals surface area (Å²) >= 11 is 6.18. The number of anilines is 1. The third kappa shape index (κ3) is 4.06. The maximum Gasteiger partial charge on any atom is 0.274 e. The van der Waals surface area contributed by atoms with E-state index in [-0.39, 0.29) is 11.5 Å². The average molecular weight is 347 g/mol. The van der Waals surface area contributed by atoms with Gasteiger partial charge in [-0.05, 0) is 29.7 Å². The Morgan fingerprint density at radius 3 is 2.42 bits per heavy atom. The number of amides is 1. The highest BCUT2D eigenvalue weighted by molar-refractivity contribution is 6.31. The number of rotatable bonds is 4. The highest BCUT2D eigenvalue weighted by Gasteiger charge is 2.23. The van der Waals surface area contributed by atoms with Crippen molar-refractivity contribution in [3.05, 3.63) is 63.0 Å². The first-order valence-corrected chi connectivity index (χ1v) is 8.39. The van der Waals surface area contributed by atoms with Crippen LogP contribution >= 0.6 is 11.6 Å². The van der Waals surface area contributed by atoms with E-state index >= 15 is 0 Å². The van der Waals surface area contributed by atoms with Crippen molar-refractivity contribution in [2.75, 3.05) is 5.32 Å². The first kappa shape index (κ1) is 18.3. The van der Waals surface area contributed by atoms with Gasteiger partial charge in [0.2, 0.25) is 5.91 Å². The zero-order chi connectivity index (χ0) is 17.9. The summed E-state index contributed by atoms with van der Waals surface area (Å²) in [6.45, 7) is 7.78. The van der Waals surface area contributed by atoms with E-state index < -0.39 is 5.41 Å². The van der Waals surface area contributed by atoms with Gasteiger partial charge in [0.1, 0.15) is 5.69 Å². The molecule has 1 aromatic carbocycles. The fourth-order valence-electron chi connectivity index (χ4n) is 2.28. The van der Waals surface area contributed by atoms with Gasteiger partial charge in [0.25, 0.3) is 5.56 Å². The van der Waals surface area contributed by atoms with E-state index in [1.165, 1.54) is 0 Å². The number of benzene rings is 1. The van der Waals surface area contributed by atoms with Crippen molar-refractivity contribution in [2.45, 2.75) is 40.7 Å². The number of carbonyl (C=O) groups is 1. The Bertz CT molecular complexity index is 804. The molecule has 2 rings (SSSR count). The molecule has 0 bridgehead atoms. The molecule has 1 N–H and O–H groups in total. The van der Waals surface area contributed by atoms with E-state index in [0.717, 1.165) is 11.1 Å². The molecule has 0 atom stereocenters. The second kappa shape index (κ2) is 7.22. The lowest BCUT2D eigenvalue weighted by Crippen LogP contribution is -2.33. The standard InChI is InChI=1S/C19H23ClN2O2/c1-5-13-10-11-22(12-14-8-6-7-9-15(14)20)17(23)16(13)21-18(24)19(2,3)4/h6-11H,5,12H2,1-4H3,(H,21,24). The number of pyridine rings is 1. The molecule has 1 amide bonds. The van der Waals surface area contributed by atoms with Crippen LogP contribution in [0.1, 0.15) is 38.8 Å². The largest absolute Gasteiger partial charge is 0.321 e. The molecule has 0 aliphatic heterocycles. The predicted octanol–water partition coefficient (Wildman–Crippen LogP) is 4.10. The summed E-state index contributed by atoms with van der Waals surface area (Å²) in [6, 6.07) is 9.29. The number of hydrogen-bond acceptors (Lipinski definition) is 2. The molecule has 24 heavy (non-hydrogen) atoms. The highest BCUT2D eigenvalue weighted by atomic mass is 35.5. The lowest BCUT2D eigenvalue weighted by Gasteiger charge is -2.19. The molecule has 0 aliphatic rings. The van der Waals surface area contributed by atoms with Crippen LogP contribution in [0, 0.1) is 5.41 Å². The van der Waals surface area contributed by atoms with E-state index in [2.05, 4.69) is 5.32 Å². The highest BCUT2D eigenvalue weighted by Crippen LogP contribution is 2.20. The quantitative estimate of drug-likeness (QED) is 0.906. The van der Waals surface area contributed by atoms with Crippen LogP contribution in [0.4, 0.5) is 5.69 Å². The molecule has 2 aromatic rings. The monoisotopic (exact) mass is 346 g/mol. The minimum atomic E-state index is -0.569. The van der Waals surface area contributed by atoms with E-state index in [4.69, 9.17) is 11.6 Å². The average Bonchev–Trinajstić information content (AvgIpc) is 2.52. The molecule has 5 heteroatoms. The Kier molecular flexibility index (Phi) is 5.50. The van der Waals surface area contributed by atoms with E-state index in [9.17, 15) is 9.59 Å². The van der Waals surface area contributed by atoms with Gasteiger partial charge in [0.15, 0.2) is 0 Å². The lowest BCUT2D eigenvalue weighted by molar-refractivity contribution is -0.123. The van der Waals surface area contributed by atoms with Gasteiger partial charge >= 0.3 is 0 Å². The fourth-order valence-corrected chi connectivity index (χ4v) is 2.47. The molecule has 0 saturated carbocycles. The Labute approximate surface area is 147 Å². The molecular formula is C19H23ClN2O2. The van der Waals surface area contributed by atoms with Crippen molar-refractivity contribution in [1.82, 2.24) is 4.57 Å². The van der Waals surface area contributed by atoms with Gasteiger partial charge in [-0.15, -0.1) is 0 Å². The number of halogens is 1. The van der Waals surface area contributed by atoms with Gasteiger partial charge in [0.05, 0.1) is 6.54 Å². The molecule has 0 spiro atoms. The summed E-state index contributed by atoms with van der Waals surface area (Å²) in [4.78, 5) is 25.1. The molecule has 0 saturated heterocycles. The smallest absolute Gasteiger partial charge is 0.274 e. The number of nitrogens with zero attached hydrogens (tertiary/aromatic N) is 1. The summed E-state index contributed by atoms with van der Waals surface area (Å²) in [5.74, 6) is -0.176. The van der Waals surface area contributed by atoms with Gasteiger partial charge in [-0.3, -0.25) is 9.59 Å². The van der Waals surface area contributed by atoms with Gasteiger partial charge in [-0.1, -0.05) is 57.5 Å². The van der Waals surface area contributed by atoms with Crippen molar-refractivity contribution in [1.29, 1.82) is 0 Å². The Morgan fingerprint density at radius 2 is 1.83 bits per heavy atom. The zero-order valence-corrected chi connectivity index (χ0v) is 15.3. The summed E-state index contributed by atoms with van der Waals surface area (Å²) in [5, 5.41) is 3.42. The molecule has 1 aromatic heterocycles. The van der Waals surface area contributed by atoms with Crippen LogP contribution in [-0.4, -0.2) is 10.5 Å². The van der Waals surface area contributed by atoms with E-state index in [0.29, 0.717) is 23.7 Å². The summed E-state index contributed by atoms with van der Waals surface area (Å²) < 4.78 is 1.57. The second-order valence-electron chi connectivity index (χ2n) is 6.80. The SMILES string of the molecule is CCc1ccn(Cc2ccccc2Cl)c(=O)c1NC(=O)C(C)(C)C. The van der Waals surface area contributed by atoms with Crippen molar-refractivity contribution in [3.8, 4) is 0 Å². The van der Waals surface area contributed by atoms with Gasteiger partial charge in [0, 0.05) is 16.6 Å². The number of nitrogens with one attached hydrogen (secondary N) is 1. The molecule has 128 valence electrons. The van der Waals surface area contributed by atoms with Crippen LogP contribution < -0.4 is 10.9 Å². The van der Waals surface area contributed by atoms with Crippen LogP contribution in [0.2, 0.25) is 5.02 Å². The molecular weight excluding hydrogens is 324 g/mol. The topological polar surface area (TPSA) is 51.1 Å². The van der Waals surface area contributed by atoms with Crippen LogP contribution in [0.25, 0.3) is 0 Å². The number of aromatic nitrogens is 1. The Hall–Kier alpha value is -2.07. The summed E-state index contributed by atoms with van der Waals surface area (Å²) in [7, 11) is 0. The van der Waals surface area contributed by atoms with Crippen LogP contribution in [0.15, 0.2) is 41.3 Å². The maximum atomic E-state index is 12.8. The van der Waals surface area contributed by atoms with Crippen molar-refractivity contribution in [3.63, 3.8) is 0 Å². The molecule has 4 nitrogen and oxygen atoms in total. The Balaban J connectivity index is 2.42. The lowest BCUT2D eigenvalue weighted by atomic mass is 9.95. The molecule has 0 unspecified atom stereocenters. The third-order valence-corrected chi connectivity index (χ3v) is 4.22. The zero-order valence-electron chi connectivity index (χ0n) is 14.5. The number of hydrogen-bond donors (Lipinski definition) is 1. The Morgan fingerprint density at radius 1 is 1.17 bits per heavy atom. The third-order valence-electron chi connectivity index (χ3n) is 3.85. The molecule has 0 fully saturated rings. The minimum Gasteiger partial charge on any atom is -0.321 e. The number of carbonyl (C=O) groups excluding carboxylic acids is 1. The molecule has 1 heterocycles. The normalized spacial score (nSPS) is 11.4. The molecule has 0 aliphatic carbocycles. The summed E-state index contributed by atoms with van der Waals surface area (Å²) in [5.41, 5.74) is 1.26. The second-order valence-corrected chi connectivity index (χ2v) is 7.21. The van der Waals surface area contributed by atoms with Crippen LogP contribution in [-0.2, 0) is 17.8 Å². The number of aryl methyl sites for hydroxylation is 1. The van der Waals surface area contributed by atoms with Gasteiger partial charge < -0.3 is 9.88 Å². The maximum absolute atomic E-state index is 12.8. The van der Waals surface area contributed by atoms with Crippen molar-refractivity contribution < 1.29 is 4.79 Å². The van der Waals surface area contributed by atoms with Crippen molar-refractivity contribution in [2.24, 2.45) is 5.41 Å². The van der Waals surface area contributed by atoms with Gasteiger partial charge in [-0.25, -0.2) is 0 Å². The van der Waals surface area contributed by atoms with Crippen molar-refractivity contribution >= 4 is 23.2 Å².